The Morgan fingerprint density at radius 2 is 1.59 bits per heavy atom. The van der Waals surface area contributed by atoms with Gasteiger partial charge in [-0.2, -0.15) is 0 Å². The van der Waals surface area contributed by atoms with E-state index in [9.17, 15) is 4.79 Å². The summed E-state index contributed by atoms with van der Waals surface area (Å²) >= 11 is 0. The van der Waals surface area contributed by atoms with Gasteiger partial charge in [-0.25, -0.2) is 0 Å². The molecule has 0 aliphatic heterocycles. The molecule has 0 bridgehead atoms. The maximum absolute atomic E-state index is 12.2. The fourth-order valence-corrected chi connectivity index (χ4v) is 3.98. The first-order valence-corrected chi connectivity index (χ1v) is 7.54. The smallest absolute Gasteiger partial charge is 0.376 e. The fourth-order valence-electron chi connectivity index (χ4n) is 1.73. The second-order valence-corrected chi connectivity index (χ2v) is 8.04. The van der Waals surface area contributed by atoms with E-state index < -0.39 is 8.80 Å². The van der Waals surface area contributed by atoms with E-state index in [1.807, 2.05) is 27.7 Å². The largest absolute Gasteiger partial charge is 0.513 e. The highest BCUT2D eigenvalue weighted by molar-refractivity contribution is 6.66. The summed E-state index contributed by atoms with van der Waals surface area (Å²) in [4.78, 5) is 12.2. The standard InChI is InChI=1S/C11H25NO4Si/c1-8-9(10(13)12-11(2,3)4)17(14-5,15-6)16-7/h9H,8H2,1-7H3,(H,12,13). The van der Waals surface area contributed by atoms with Crippen molar-refractivity contribution in [3.8, 4) is 0 Å². The van der Waals surface area contributed by atoms with Crippen LogP contribution in [0.1, 0.15) is 34.1 Å². The third-order valence-corrected chi connectivity index (χ3v) is 5.73. The highest BCUT2D eigenvalue weighted by atomic mass is 28.4. The molecule has 0 heterocycles. The minimum atomic E-state index is -2.92. The van der Waals surface area contributed by atoms with Crippen LogP contribution in [-0.2, 0) is 18.1 Å². The molecule has 1 unspecified atom stereocenters. The fraction of sp³-hybridized carbons (Fsp3) is 0.909. The lowest BCUT2D eigenvalue weighted by Crippen LogP contribution is -2.55. The zero-order chi connectivity index (χ0) is 13.7. The average Bonchev–Trinajstić information content (AvgIpc) is 2.23. The van der Waals surface area contributed by atoms with Crippen molar-refractivity contribution in [2.75, 3.05) is 21.3 Å². The van der Waals surface area contributed by atoms with Gasteiger partial charge in [-0.1, -0.05) is 6.92 Å². The van der Waals surface area contributed by atoms with Crippen molar-refractivity contribution in [3.63, 3.8) is 0 Å². The summed E-state index contributed by atoms with van der Waals surface area (Å²) in [5.41, 5.74) is -0.665. The lowest BCUT2D eigenvalue weighted by atomic mass is 10.1. The molecule has 0 aromatic heterocycles. The van der Waals surface area contributed by atoms with Crippen LogP contribution in [0.25, 0.3) is 0 Å². The molecule has 0 rings (SSSR count). The summed E-state index contributed by atoms with van der Waals surface area (Å²) in [5.74, 6) is -0.0859. The molecular weight excluding hydrogens is 238 g/mol. The topological polar surface area (TPSA) is 56.8 Å². The highest BCUT2D eigenvalue weighted by Gasteiger charge is 2.50. The summed E-state index contributed by atoms with van der Waals surface area (Å²) in [6.07, 6.45) is 0.615. The number of carbonyl (C=O) groups excluding carboxylic acids is 1. The molecule has 0 spiro atoms. The van der Waals surface area contributed by atoms with Crippen LogP contribution in [0.2, 0.25) is 5.54 Å². The van der Waals surface area contributed by atoms with Gasteiger partial charge in [0.25, 0.3) is 0 Å². The van der Waals surface area contributed by atoms with Gasteiger partial charge in [0, 0.05) is 26.9 Å². The van der Waals surface area contributed by atoms with Crippen molar-refractivity contribution in [3.05, 3.63) is 0 Å². The van der Waals surface area contributed by atoms with Gasteiger partial charge >= 0.3 is 8.80 Å². The minimum absolute atomic E-state index is 0.0859. The zero-order valence-electron chi connectivity index (χ0n) is 11.9. The summed E-state index contributed by atoms with van der Waals surface area (Å²) in [5, 5.41) is 2.93. The SMILES string of the molecule is CCC(C(=O)NC(C)(C)C)[Si](OC)(OC)OC. The Balaban J connectivity index is 4.98. The van der Waals surface area contributed by atoms with E-state index in [0.717, 1.165) is 0 Å². The van der Waals surface area contributed by atoms with E-state index in [4.69, 9.17) is 13.3 Å². The van der Waals surface area contributed by atoms with Gasteiger partial charge in [-0.05, 0) is 27.2 Å². The lowest BCUT2D eigenvalue weighted by molar-refractivity contribution is -0.123. The van der Waals surface area contributed by atoms with Crippen LogP contribution in [0, 0.1) is 0 Å². The van der Waals surface area contributed by atoms with Crippen molar-refractivity contribution in [2.45, 2.75) is 45.2 Å². The number of carbonyl (C=O) groups is 1. The first-order chi connectivity index (χ1) is 7.76. The van der Waals surface area contributed by atoms with E-state index in [2.05, 4.69) is 5.32 Å². The molecule has 0 fully saturated rings. The first-order valence-electron chi connectivity index (χ1n) is 5.73. The molecule has 0 radical (unpaired) electrons. The molecule has 1 N–H and O–H groups in total. The average molecular weight is 263 g/mol. The molecule has 0 aliphatic carbocycles. The molecule has 17 heavy (non-hydrogen) atoms. The first kappa shape index (κ1) is 16.6. The Morgan fingerprint density at radius 1 is 1.18 bits per heavy atom. The minimum Gasteiger partial charge on any atom is -0.376 e. The lowest BCUT2D eigenvalue weighted by Gasteiger charge is -2.33. The second-order valence-electron chi connectivity index (χ2n) is 4.92. The molecule has 102 valence electrons. The predicted octanol–water partition coefficient (Wildman–Crippen LogP) is 1.56. The second kappa shape index (κ2) is 6.49. The van der Waals surface area contributed by atoms with Crippen molar-refractivity contribution >= 4 is 14.7 Å². The van der Waals surface area contributed by atoms with Gasteiger partial charge < -0.3 is 18.6 Å². The summed E-state index contributed by atoms with van der Waals surface area (Å²) in [6, 6.07) is 0. The van der Waals surface area contributed by atoms with Gasteiger partial charge in [0.2, 0.25) is 5.91 Å². The van der Waals surface area contributed by atoms with Crippen LogP contribution in [0.5, 0.6) is 0 Å². The Bertz CT molecular complexity index is 240. The molecule has 0 aliphatic rings. The van der Waals surface area contributed by atoms with E-state index in [1.54, 1.807) is 0 Å². The molecular formula is C11H25NO4Si. The molecule has 0 aromatic carbocycles. The van der Waals surface area contributed by atoms with Crippen molar-refractivity contribution in [1.29, 1.82) is 0 Å². The van der Waals surface area contributed by atoms with Crippen molar-refractivity contribution in [1.82, 2.24) is 5.32 Å². The van der Waals surface area contributed by atoms with Crippen LogP contribution < -0.4 is 5.32 Å². The number of rotatable bonds is 6. The van der Waals surface area contributed by atoms with Gasteiger partial charge in [0.15, 0.2) is 0 Å². The van der Waals surface area contributed by atoms with Gasteiger partial charge in [-0.15, -0.1) is 0 Å². The summed E-state index contributed by atoms with van der Waals surface area (Å²) < 4.78 is 16.1. The predicted molar refractivity (Wildman–Crippen MR) is 68.7 cm³/mol. The van der Waals surface area contributed by atoms with Gasteiger partial charge in [0.05, 0.1) is 0 Å². The zero-order valence-corrected chi connectivity index (χ0v) is 12.9. The Kier molecular flexibility index (Phi) is 6.32. The summed E-state index contributed by atoms with van der Waals surface area (Å²) in [6.45, 7) is 7.74. The van der Waals surface area contributed by atoms with Crippen LogP contribution >= 0.6 is 0 Å². The molecule has 0 saturated carbocycles. The van der Waals surface area contributed by atoms with Crippen molar-refractivity contribution < 1.29 is 18.1 Å². The molecule has 6 heteroatoms. The van der Waals surface area contributed by atoms with E-state index in [-0.39, 0.29) is 17.0 Å². The number of amides is 1. The molecule has 1 atom stereocenters. The molecule has 5 nitrogen and oxygen atoms in total. The van der Waals surface area contributed by atoms with E-state index in [0.29, 0.717) is 6.42 Å². The Hall–Kier alpha value is -0.433. The third-order valence-electron chi connectivity index (χ3n) is 2.50. The molecule has 1 amide bonds. The number of hydrogen-bond acceptors (Lipinski definition) is 4. The van der Waals surface area contributed by atoms with Crippen LogP contribution in [0.15, 0.2) is 0 Å². The normalized spacial score (nSPS) is 14.5. The monoisotopic (exact) mass is 263 g/mol. The van der Waals surface area contributed by atoms with Crippen LogP contribution in [-0.4, -0.2) is 41.6 Å². The van der Waals surface area contributed by atoms with Gasteiger partial charge in [0.1, 0.15) is 5.54 Å². The summed E-state index contributed by atoms with van der Waals surface area (Å²) in [7, 11) is 1.64. The maximum atomic E-state index is 12.2. The van der Waals surface area contributed by atoms with Crippen molar-refractivity contribution in [2.24, 2.45) is 0 Å². The number of hydrogen-bond donors (Lipinski definition) is 1. The van der Waals surface area contributed by atoms with Crippen LogP contribution in [0.4, 0.5) is 0 Å². The Morgan fingerprint density at radius 3 is 1.82 bits per heavy atom. The maximum Gasteiger partial charge on any atom is 0.513 e. The number of nitrogens with one attached hydrogen (secondary N) is 1. The van der Waals surface area contributed by atoms with E-state index in [1.165, 1.54) is 21.3 Å². The third kappa shape index (κ3) is 4.38. The van der Waals surface area contributed by atoms with Crippen LogP contribution in [0.3, 0.4) is 0 Å². The molecule has 0 saturated heterocycles. The quantitative estimate of drug-likeness (QED) is 0.739. The highest BCUT2D eigenvalue weighted by Crippen LogP contribution is 2.28. The van der Waals surface area contributed by atoms with E-state index >= 15 is 0 Å². The Labute approximate surface area is 105 Å². The van der Waals surface area contributed by atoms with Gasteiger partial charge in [-0.3, -0.25) is 4.79 Å². The molecule has 0 aromatic rings.